The Balaban J connectivity index is 2.82. The average molecular weight is 585 g/mol. The van der Waals surface area contributed by atoms with E-state index in [0.717, 1.165) is 10.7 Å². The molecular weight excluding hydrogens is 575 g/mol. The fourth-order valence-corrected chi connectivity index (χ4v) is 3.55. The molecule has 7 heteroatoms. The van der Waals surface area contributed by atoms with Crippen molar-refractivity contribution in [3.05, 3.63) is 28.4 Å². The zero-order chi connectivity index (χ0) is 13.9. The molecule has 1 atom stereocenters. The zero-order valence-electron chi connectivity index (χ0n) is 9.34. The minimum absolute atomic E-state index is 0.131. The third-order valence-electron chi connectivity index (χ3n) is 2.23. The normalized spacial score (nSPS) is 12.0. The van der Waals surface area contributed by atoms with E-state index in [2.05, 4.69) is 73.1 Å². The molecule has 1 amide bonds. The summed E-state index contributed by atoms with van der Waals surface area (Å²) >= 11 is 6.45. The van der Waals surface area contributed by atoms with Crippen molar-refractivity contribution in [2.45, 2.75) is 6.92 Å². The lowest BCUT2D eigenvalue weighted by molar-refractivity contribution is -0.140. The maximum Gasteiger partial charge on any atom is 0.308 e. The van der Waals surface area contributed by atoms with Crippen LogP contribution in [0.2, 0.25) is 0 Å². The van der Waals surface area contributed by atoms with Gasteiger partial charge >= 0.3 is 5.97 Å². The van der Waals surface area contributed by atoms with Crippen LogP contribution < -0.4 is 5.32 Å². The molecule has 0 bridgehead atoms. The Kier molecular flexibility index (Phi) is 6.58. The first-order chi connectivity index (χ1) is 8.32. The summed E-state index contributed by atoms with van der Waals surface area (Å²) in [4.78, 5) is 22.6. The molecule has 0 aromatic heterocycles. The van der Waals surface area contributed by atoms with E-state index in [1.807, 2.05) is 6.07 Å². The first kappa shape index (κ1) is 16.4. The second-order valence-electron chi connectivity index (χ2n) is 3.70. The molecule has 18 heavy (non-hydrogen) atoms. The van der Waals surface area contributed by atoms with Gasteiger partial charge in [0, 0.05) is 17.3 Å². The Morgan fingerprint density at radius 3 is 2.50 bits per heavy atom. The zero-order valence-corrected chi connectivity index (χ0v) is 15.8. The van der Waals surface area contributed by atoms with E-state index in [-0.39, 0.29) is 12.5 Å². The number of benzene rings is 1. The molecule has 0 aliphatic carbocycles. The van der Waals surface area contributed by atoms with Crippen LogP contribution in [0.15, 0.2) is 12.1 Å². The predicted molar refractivity (Wildman–Crippen MR) is 93.7 cm³/mol. The van der Waals surface area contributed by atoms with Gasteiger partial charge in [-0.2, -0.15) is 0 Å². The summed E-state index contributed by atoms with van der Waals surface area (Å²) in [6.45, 7) is 1.69. The van der Waals surface area contributed by atoms with Crippen LogP contribution in [0, 0.1) is 16.6 Å². The number of aliphatic carboxylic acids is 1. The highest BCUT2D eigenvalue weighted by molar-refractivity contribution is 14.1. The molecule has 1 rings (SSSR count). The predicted octanol–water partition coefficient (Wildman–Crippen LogP) is 2.95. The molecule has 1 aromatic rings. The second-order valence-corrected chi connectivity index (χ2v) is 7.19. The number of rotatable bonds is 4. The molecule has 0 spiro atoms. The molecule has 98 valence electrons. The van der Waals surface area contributed by atoms with Crippen molar-refractivity contribution in [2.75, 3.05) is 6.54 Å². The summed E-state index contributed by atoms with van der Waals surface area (Å²) < 4.78 is 2.87. The second kappa shape index (κ2) is 7.22. The molecule has 2 N–H and O–H groups in total. The van der Waals surface area contributed by atoms with E-state index < -0.39 is 11.9 Å². The number of nitrogens with one attached hydrogen (secondary N) is 1. The SMILES string of the molecule is CC(CNC(=O)c1cc(I)cc(I)c1I)C(=O)O. The van der Waals surface area contributed by atoms with Crippen molar-refractivity contribution in [3.63, 3.8) is 0 Å². The first-order valence-corrected chi connectivity index (χ1v) is 8.22. The van der Waals surface area contributed by atoms with E-state index in [9.17, 15) is 9.59 Å². The van der Waals surface area contributed by atoms with E-state index >= 15 is 0 Å². The fraction of sp³-hybridized carbons (Fsp3) is 0.273. The van der Waals surface area contributed by atoms with Gasteiger partial charge in [0.25, 0.3) is 5.91 Å². The monoisotopic (exact) mass is 585 g/mol. The topological polar surface area (TPSA) is 66.4 Å². The van der Waals surface area contributed by atoms with Crippen LogP contribution in [0.1, 0.15) is 17.3 Å². The lowest BCUT2D eigenvalue weighted by atomic mass is 10.1. The minimum atomic E-state index is -0.915. The number of carboxylic acids is 1. The van der Waals surface area contributed by atoms with Gasteiger partial charge in [0.15, 0.2) is 0 Å². The lowest BCUT2D eigenvalue weighted by Gasteiger charge is -2.11. The van der Waals surface area contributed by atoms with Crippen molar-refractivity contribution < 1.29 is 14.7 Å². The Labute approximate surface area is 146 Å². The number of carboxylic acid groups (broad SMARTS) is 1. The smallest absolute Gasteiger partial charge is 0.308 e. The third-order valence-corrected chi connectivity index (χ3v) is 5.90. The number of amides is 1. The van der Waals surface area contributed by atoms with Crippen molar-refractivity contribution in [1.29, 1.82) is 0 Å². The Bertz CT molecular complexity index is 491. The van der Waals surface area contributed by atoms with Crippen molar-refractivity contribution >= 4 is 79.6 Å². The van der Waals surface area contributed by atoms with E-state index in [1.165, 1.54) is 0 Å². The highest BCUT2D eigenvalue weighted by Gasteiger charge is 2.16. The number of hydrogen-bond acceptors (Lipinski definition) is 2. The molecule has 1 unspecified atom stereocenters. The van der Waals surface area contributed by atoms with Crippen molar-refractivity contribution in [2.24, 2.45) is 5.92 Å². The van der Waals surface area contributed by atoms with Crippen LogP contribution >= 0.6 is 67.8 Å². The highest BCUT2D eigenvalue weighted by Crippen LogP contribution is 2.22. The van der Waals surface area contributed by atoms with Crippen LogP contribution in [0.25, 0.3) is 0 Å². The van der Waals surface area contributed by atoms with Gasteiger partial charge in [0.1, 0.15) is 0 Å². The van der Waals surface area contributed by atoms with Crippen LogP contribution in [0.3, 0.4) is 0 Å². The van der Waals surface area contributed by atoms with Crippen LogP contribution in [-0.2, 0) is 4.79 Å². The minimum Gasteiger partial charge on any atom is -0.481 e. The summed E-state index contributed by atoms with van der Waals surface area (Å²) in [5.74, 6) is -1.74. The molecule has 0 saturated heterocycles. The van der Waals surface area contributed by atoms with Gasteiger partial charge in [-0.15, -0.1) is 0 Å². The summed E-state index contributed by atoms with van der Waals surface area (Å²) in [5, 5.41) is 11.4. The van der Waals surface area contributed by atoms with E-state index in [4.69, 9.17) is 5.11 Å². The fourth-order valence-electron chi connectivity index (χ4n) is 1.15. The maximum atomic E-state index is 12.0. The van der Waals surface area contributed by atoms with Crippen molar-refractivity contribution in [3.8, 4) is 0 Å². The Morgan fingerprint density at radius 1 is 1.33 bits per heavy atom. The first-order valence-electron chi connectivity index (χ1n) is 4.98. The molecule has 4 nitrogen and oxygen atoms in total. The number of hydrogen-bond donors (Lipinski definition) is 2. The quantitative estimate of drug-likeness (QED) is 0.423. The number of halogens is 3. The Hall–Kier alpha value is 0.350. The van der Waals surface area contributed by atoms with Gasteiger partial charge < -0.3 is 10.4 Å². The van der Waals surface area contributed by atoms with Gasteiger partial charge in [-0.3, -0.25) is 9.59 Å². The summed E-state index contributed by atoms with van der Waals surface area (Å²) in [5.41, 5.74) is 0.587. The lowest BCUT2D eigenvalue weighted by Crippen LogP contribution is -2.32. The molecule has 0 fully saturated rings. The maximum absolute atomic E-state index is 12.0. The molecule has 0 aliphatic rings. The third kappa shape index (κ3) is 4.47. The van der Waals surface area contributed by atoms with Gasteiger partial charge in [-0.1, -0.05) is 6.92 Å². The van der Waals surface area contributed by atoms with Gasteiger partial charge in [0.2, 0.25) is 0 Å². The van der Waals surface area contributed by atoms with E-state index in [0.29, 0.717) is 5.56 Å². The molecule has 0 saturated carbocycles. The Morgan fingerprint density at radius 2 is 1.94 bits per heavy atom. The molecule has 0 radical (unpaired) electrons. The summed E-state index contributed by atoms with van der Waals surface area (Å²) in [7, 11) is 0. The molecule has 1 aromatic carbocycles. The van der Waals surface area contributed by atoms with Crippen LogP contribution in [0.5, 0.6) is 0 Å². The van der Waals surface area contributed by atoms with Gasteiger partial charge in [-0.05, 0) is 79.9 Å². The molecule has 0 aliphatic heterocycles. The molecular formula is C11H10I3NO3. The van der Waals surface area contributed by atoms with Gasteiger partial charge in [0.05, 0.1) is 11.5 Å². The van der Waals surface area contributed by atoms with Crippen molar-refractivity contribution in [1.82, 2.24) is 5.32 Å². The number of carbonyl (C=O) groups excluding carboxylic acids is 1. The van der Waals surface area contributed by atoms with E-state index in [1.54, 1.807) is 13.0 Å². The average Bonchev–Trinajstić information content (AvgIpc) is 2.29. The highest BCUT2D eigenvalue weighted by atomic mass is 127. The summed E-state index contributed by atoms with van der Waals surface area (Å²) in [6, 6.07) is 3.78. The van der Waals surface area contributed by atoms with Crippen LogP contribution in [0.4, 0.5) is 0 Å². The van der Waals surface area contributed by atoms with Gasteiger partial charge in [-0.25, -0.2) is 0 Å². The molecule has 0 heterocycles. The standard InChI is InChI=1S/C11H10I3NO3/c1-5(11(17)18)4-15-10(16)7-2-6(12)3-8(13)9(7)14/h2-3,5H,4H2,1H3,(H,15,16)(H,17,18). The van der Waals surface area contributed by atoms with Crippen LogP contribution in [-0.4, -0.2) is 23.5 Å². The number of carbonyl (C=O) groups is 2. The largest absolute Gasteiger partial charge is 0.481 e. The summed E-state index contributed by atoms with van der Waals surface area (Å²) in [6.07, 6.45) is 0.